The quantitative estimate of drug-likeness (QED) is 0.645. The van der Waals surface area contributed by atoms with Gasteiger partial charge in [0.1, 0.15) is 16.9 Å². The minimum atomic E-state index is -1.14. The van der Waals surface area contributed by atoms with E-state index in [2.05, 4.69) is 15.5 Å². The van der Waals surface area contributed by atoms with E-state index in [-0.39, 0.29) is 22.7 Å². The summed E-state index contributed by atoms with van der Waals surface area (Å²) in [5.41, 5.74) is 0.159. The highest BCUT2D eigenvalue weighted by molar-refractivity contribution is 5.95. The molecule has 23 heavy (non-hydrogen) atoms. The molecule has 0 bridgehead atoms. The highest BCUT2D eigenvalue weighted by Gasteiger charge is 2.18. The van der Waals surface area contributed by atoms with E-state index in [1.54, 1.807) is 26.8 Å². The SMILES string of the molecule is CC(C)(C)OC(=O)Nc1ccc(-c2[nH]ncc2C(=O)O)cc1O. The van der Waals surface area contributed by atoms with Gasteiger partial charge in [0, 0.05) is 5.56 Å². The van der Waals surface area contributed by atoms with Crippen LogP contribution in [0.1, 0.15) is 31.1 Å². The number of amides is 1. The lowest BCUT2D eigenvalue weighted by Gasteiger charge is -2.20. The summed E-state index contributed by atoms with van der Waals surface area (Å²) < 4.78 is 5.09. The van der Waals surface area contributed by atoms with Gasteiger partial charge in [0.05, 0.1) is 17.6 Å². The molecule has 1 aromatic heterocycles. The zero-order valence-electron chi connectivity index (χ0n) is 12.9. The minimum absolute atomic E-state index is 0.0164. The van der Waals surface area contributed by atoms with Crippen molar-refractivity contribution in [2.24, 2.45) is 0 Å². The Morgan fingerprint density at radius 2 is 2.00 bits per heavy atom. The molecule has 0 radical (unpaired) electrons. The summed E-state index contributed by atoms with van der Waals surface area (Å²) in [5, 5.41) is 27.8. The Kier molecular flexibility index (Phi) is 4.26. The van der Waals surface area contributed by atoms with E-state index in [1.807, 2.05) is 0 Å². The Balaban J connectivity index is 2.23. The molecular formula is C15H17N3O5. The second kappa shape index (κ2) is 5.99. The van der Waals surface area contributed by atoms with E-state index in [0.717, 1.165) is 0 Å². The third-order valence-corrected chi connectivity index (χ3v) is 2.79. The number of ether oxygens (including phenoxy) is 1. The molecule has 0 fully saturated rings. The predicted octanol–water partition coefficient (Wildman–Crippen LogP) is 2.83. The molecule has 0 aliphatic heterocycles. The van der Waals surface area contributed by atoms with E-state index in [1.165, 1.54) is 18.3 Å². The summed E-state index contributed by atoms with van der Waals surface area (Å²) >= 11 is 0. The molecular weight excluding hydrogens is 302 g/mol. The molecule has 0 atom stereocenters. The van der Waals surface area contributed by atoms with Crippen molar-refractivity contribution in [3.8, 4) is 17.0 Å². The first-order chi connectivity index (χ1) is 10.7. The Bertz CT molecular complexity index is 746. The molecule has 8 nitrogen and oxygen atoms in total. The molecule has 8 heteroatoms. The Hall–Kier alpha value is -3.03. The topological polar surface area (TPSA) is 125 Å². The molecule has 122 valence electrons. The highest BCUT2D eigenvalue weighted by Crippen LogP contribution is 2.30. The van der Waals surface area contributed by atoms with Crippen LogP contribution in [-0.4, -0.2) is 38.1 Å². The van der Waals surface area contributed by atoms with Crippen LogP contribution in [-0.2, 0) is 4.74 Å². The first-order valence-corrected chi connectivity index (χ1v) is 6.77. The molecule has 1 aromatic carbocycles. The van der Waals surface area contributed by atoms with Crippen molar-refractivity contribution in [3.05, 3.63) is 30.0 Å². The van der Waals surface area contributed by atoms with Gasteiger partial charge in [-0.15, -0.1) is 0 Å². The van der Waals surface area contributed by atoms with Gasteiger partial charge in [-0.05, 0) is 32.9 Å². The van der Waals surface area contributed by atoms with Crippen LogP contribution in [0.15, 0.2) is 24.4 Å². The number of aromatic nitrogens is 2. The number of hydrogen-bond donors (Lipinski definition) is 4. The number of rotatable bonds is 3. The summed E-state index contributed by atoms with van der Waals surface area (Å²) in [6, 6.07) is 4.32. The number of phenols is 1. The van der Waals surface area contributed by atoms with Crippen LogP contribution in [0.5, 0.6) is 5.75 Å². The van der Waals surface area contributed by atoms with Crippen LogP contribution in [0.25, 0.3) is 11.3 Å². The summed E-state index contributed by atoms with van der Waals surface area (Å²) in [6.07, 6.45) is 0.481. The van der Waals surface area contributed by atoms with Gasteiger partial charge < -0.3 is 14.9 Å². The highest BCUT2D eigenvalue weighted by atomic mass is 16.6. The van der Waals surface area contributed by atoms with Crippen LogP contribution in [0, 0.1) is 0 Å². The van der Waals surface area contributed by atoms with Gasteiger partial charge in [0.25, 0.3) is 0 Å². The number of aromatic amines is 1. The molecule has 1 amide bonds. The first-order valence-electron chi connectivity index (χ1n) is 6.77. The number of anilines is 1. The fraction of sp³-hybridized carbons (Fsp3) is 0.267. The van der Waals surface area contributed by atoms with Crippen LogP contribution < -0.4 is 5.32 Å². The number of H-pyrrole nitrogens is 1. The van der Waals surface area contributed by atoms with E-state index < -0.39 is 17.7 Å². The normalized spacial score (nSPS) is 11.1. The zero-order chi connectivity index (χ0) is 17.2. The van der Waals surface area contributed by atoms with Gasteiger partial charge in [-0.1, -0.05) is 6.07 Å². The summed E-state index contributed by atoms with van der Waals surface area (Å²) in [7, 11) is 0. The Morgan fingerprint density at radius 1 is 1.30 bits per heavy atom. The number of benzene rings is 1. The molecule has 0 aliphatic carbocycles. The Morgan fingerprint density at radius 3 is 2.57 bits per heavy atom. The van der Waals surface area contributed by atoms with E-state index in [0.29, 0.717) is 5.56 Å². The number of nitrogens with zero attached hydrogens (tertiary/aromatic N) is 1. The third kappa shape index (κ3) is 4.00. The maximum atomic E-state index is 11.7. The predicted molar refractivity (Wildman–Crippen MR) is 82.5 cm³/mol. The largest absolute Gasteiger partial charge is 0.506 e. The lowest BCUT2D eigenvalue weighted by molar-refractivity contribution is 0.0633. The number of carboxylic acid groups (broad SMARTS) is 1. The number of phenolic OH excluding ortho intramolecular Hbond substituents is 1. The average molecular weight is 319 g/mol. The summed E-state index contributed by atoms with van der Waals surface area (Å²) in [4.78, 5) is 22.8. The molecule has 0 saturated carbocycles. The van der Waals surface area contributed by atoms with Crippen LogP contribution in [0.2, 0.25) is 0 Å². The molecule has 0 unspecified atom stereocenters. The molecule has 2 aromatic rings. The maximum absolute atomic E-state index is 11.7. The van der Waals surface area contributed by atoms with Gasteiger partial charge in [-0.2, -0.15) is 5.10 Å². The molecule has 4 N–H and O–H groups in total. The van der Waals surface area contributed by atoms with Crippen molar-refractivity contribution >= 4 is 17.7 Å². The second-order valence-corrected chi connectivity index (χ2v) is 5.82. The van der Waals surface area contributed by atoms with Crippen molar-refractivity contribution in [1.82, 2.24) is 10.2 Å². The monoisotopic (exact) mass is 319 g/mol. The van der Waals surface area contributed by atoms with E-state index in [9.17, 15) is 14.7 Å². The number of carbonyl (C=O) groups is 2. The number of carboxylic acids is 1. The minimum Gasteiger partial charge on any atom is -0.506 e. The van der Waals surface area contributed by atoms with Gasteiger partial charge in [-0.25, -0.2) is 9.59 Å². The molecule has 1 heterocycles. The van der Waals surface area contributed by atoms with Crippen molar-refractivity contribution in [2.45, 2.75) is 26.4 Å². The maximum Gasteiger partial charge on any atom is 0.412 e. The number of nitrogens with one attached hydrogen (secondary N) is 2. The third-order valence-electron chi connectivity index (χ3n) is 2.79. The molecule has 2 rings (SSSR count). The lowest BCUT2D eigenvalue weighted by atomic mass is 10.1. The average Bonchev–Trinajstić information content (AvgIpc) is 2.88. The molecule has 0 aliphatic rings. The van der Waals surface area contributed by atoms with Gasteiger partial charge in [0.2, 0.25) is 0 Å². The fourth-order valence-corrected chi connectivity index (χ4v) is 1.87. The van der Waals surface area contributed by atoms with E-state index >= 15 is 0 Å². The number of aromatic carboxylic acids is 1. The number of carbonyl (C=O) groups excluding carboxylic acids is 1. The van der Waals surface area contributed by atoms with E-state index in [4.69, 9.17) is 9.84 Å². The second-order valence-electron chi connectivity index (χ2n) is 5.82. The van der Waals surface area contributed by atoms with Crippen molar-refractivity contribution < 1.29 is 24.5 Å². The first kappa shape index (κ1) is 16.3. The van der Waals surface area contributed by atoms with Gasteiger partial charge >= 0.3 is 12.1 Å². The van der Waals surface area contributed by atoms with Crippen LogP contribution in [0.4, 0.5) is 10.5 Å². The summed E-state index contributed by atoms with van der Waals surface area (Å²) in [5.74, 6) is -1.36. The van der Waals surface area contributed by atoms with Gasteiger partial charge in [-0.3, -0.25) is 10.4 Å². The smallest absolute Gasteiger partial charge is 0.412 e. The zero-order valence-corrected chi connectivity index (χ0v) is 12.9. The summed E-state index contributed by atoms with van der Waals surface area (Å²) in [6.45, 7) is 5.17. The lowest BCUT2D eigenvalue weighted by Crippen LogP contribution is -2.27. The molecule has 0 spiro atoms. The Labute approximate surface area is 132 Å². The van der Waals surface area contributed by atoms with Crippen molar-refractivity contribution in [2.75, 3.05) is 5.32 Å². The molecule has 0 saturated heterocycles. The number of hydrogen-bond acceptors (Lipinski definition) is 5. The van der Waals surface area contributed by atoms with Crippen molar-refractivity contribution in [3.63, 3.8) is 0 Å². The van der Waals surface area contributed by atoms with Crippen molar-refractivity contribution in [1.29, 1.82) is 0 Å². The van der Waals surface area contributed by atoms with Gasteiger partial charge in [0.15, 0.2) is 0 Å². The van der Waals surface area contributed by atoms with Crippen LogP contribution in [0.3, 0.4) is 0 Å². The van der Waals surface area contributed by atoms with Crippen LogP contribution >= 0.6 is 0 Å². The fourth-order valence-electron chi connectivity index (χ4n) is 1.87. The standard InChI is InChI=1S/C15H17N3O5/c1-15(2,3)23-14(22)17-10-5-4-8(6-11(10)19)12-9(13(20)21)7-16-18-12/h4-7,19H,1-3H3,(H,16,18)(H,17,22)(H,20,21). The number of aromatic hydroxyl groups is 1.